The summed E-state index contributed by atoms with van der Waals surface area (Å²) < 4.78 is 5.94. The maximum Gasteiger partial charge on any atom is 0.123 e. The summed E-state index contributed by atoms with van der Waals surface area (Å²) in [4.78, 5) is 4.81. The molecule has 1 aromatic carbocycles. The van der Waals surface area contributed by atoms with Crippen LogP contribution in [0.4, 0.5) is 0 Å². The van der Waals surface area contributed by atoms with Gasteiger partial charge in [0, 0.05) is 43.2 Å². The number of para-hydroxylation sites is 1. The smallest absolute Gasteiger partial charge is 0.123 e. The van der Waals surface area contributed by atoms with Crippen molar-refractivity contribution in [2.75, 3.05) is 50.8 Å². The summed E-state index contributed by atoms with van der Waals surface area (Å²) in [7, 11) is 0. The standard InChI is InChI=1S/C18H28N2O2S/c21-17(14-20-9-11-23-12-10-20)15-22-18-6-2-1-5-16(18)13-19-7-3-4-8-19/h1-2,5-6,17,21H,3-4,7-15H2/t17-/m0/s1. The molecule has 2 aliphatic rings. The van der Waals surface area contributed by atoms with Crippen LogP contribution in [0.5, 0.6) is 5.75 Å². The number of hydrogen-bond acceptors (Lipinski definition) is 5. The largest absolute Gasteiger partial charge is 0.491 e. The highest BCUT2D eigenvalue weighted by Gasteiger charge is 2.17. The molecule has 1 atom stereocenters. The molecule has 23 heavy (non-hydrogen) atoms. The molecule has 2 aliphatic heterocycles. The van der Waals surface area contributed by atoms with Crippen molar-refractivity contribution >= 4 is 11.8 Å². The van der Waals surface area contributed by atoms with E-state index in [1.165, 1.54) is 43.0 Å². The van der Waals surface area contributed by atoms with E-state index in [9.17, 15) is 5.11 Å². The van der Waals surface area contributed by atoms with E-state index < -0.39 is 6.10 Å². The van der Waals surface area contributed by atoms with Crippen LogP contribution in [0.15, 0.2) is 24.3 Å². The summed E-state index contributed by atoms with van der Waals surface area (Å²) in [5.74, 6) is 3.27. The lowest BCUT2D eigenvalue weighted by Crippen LogP contribution is -2.40. The van der Waals surface area contributed by atoms with Crippen molar-refractivity contribution in [2.45, 2.75) is 25.5 Å². The van der Waals surface area contributed by atoms with Crippen molar-refractivity contribution in [1.82, 2.24) is 9.80 Å². The van der Waals surface area contributed by atoms with E-state index in [0.717, 1.165) is 31.9 Å². The van der Waals surface area contributed by atoms with Crippen LogP contribution < -0.4 is 4.74 Å². The summed E-state index contributed by atoms with van der Waals surface area (Å²) in [5, 5.41) is 10.3. The summed E-state index contributed by atoms with van der Waals surface area (Å²) in [6.45, 7) is 6.57. The van der Waals surface area contributed by atoms with Gasteiger partial charge in [-0.3, -0.25) is 9.80 Å². The Morgan fingerprint density at radius 1 is 1.04 bits per heavy atom. The Kier molecular flexibility index (Phi) is 6.63. The number of rotatable bonds is 7. The van der Waals surface area contributed by atoms with Gasteiger partial charge in [-0.1, -0.05) is 18.2 Å². The number of aliphatic hydroxyl groups excluding tert-OH is 1. The highest BCUT2D eigenvalue weighted by Crippen LogP contribution is 2.22. The Hall–Kier alpha value is -0.750. The van der Waals surface area contributed by atoms with Gasteiger partial charge in [0.25, 0.3) is 0 Å². The third kappa shape index (κ3) is 5.38. The van der Waals surface area contributed by atoms with E-state index in [4.69, 9.17) is 4.74 Å². The lowest BCUT2D eigenvalue weighted by atomic mass is 10.2. The van der Waals surface area contributed by atoms with Crippen LogP contribution in [0.25, 0.3) is 0 Å². The van der Waals surface area contributed by atoms with Gasteiger partial charge in [-0.15, -0.1) is 0 Å². The van der Waals surface area contributed by atoms with Crippen LogP contribution in [0.2, 0.25) is 0 Å². The van der Waals surface area contributed by atoms with Gasteiger partial charge in [0.1, 0.15) is 18.5 Å². The van der Waals surface area contributed by atoms with Crippen molar-refractivity contribution in [3.8, 4) is 5.75 Å². The minimum Gasteiger partial charge on any atom is -0.491 e. The van der Waals surface area contributed by atoms with Gasteiger partial charge in [-0.2, -0.15) is 11.8 Å². The number of aliphatic hydroxyl groups is 1. The zero-order chi connectivity index (χ0) is 15.9. The molecule has 0 radical (unpaired) electrons. The number of benzene rings is 1. The summed E-state index contributed by atoms with van der Waals surface area (Å²) in [6.07, 6.45) is 2.18. The molecule has 3 rings (SSSR count). The Balaban J connectivity index is 1.48. The number of thioether (sulfide) groups is 1. The molecule has 0 spiro atoms. The van der Waals surface area contributed by atoms with E-state index in [-0.39, 0.29) is 0 Å². The quantitative estimate of drug-likeness (QED) is 0.825. The van der Waals surface area contributed by atoms with Gasteiger partial charge in [0.05, 0.1) is 0 Å². The molecular weight excluding hydrogens is 308 g/mol. The molecule has 1 aromatic rings. The van der Waals surface area contributed by atoms with Crippen molar-refractivity contribution in [2.24, 2.45) is 0 Å². The number of hydrogen-bond donors (Lipinski definition) is 1. The molecule has 0 saturated carbocycles. The lowest BCUT2D eigenvalue weighted by Gasteiger charge is -2.28. The highest BCUT2D eigenvalue weighted by molar-refractivity contribution is 7.99. The average Bonchev–Trinajstić information content (AvgIpc) is 3.08. The van der Waals surface area contributed by atoms with Gasteiger partial charge >= 0.3 is 0 Å². The number of nitrogens with zero attached hydrogens (tertiary/aromatic N) is 2. The van der Waals surface area contributed by atoms with Gasteiger partial charge in [-0.25, -0.2) is 0 Å². The first-order chi connectivity index (χ1) is 11.3. The third-order valence-electron chi connectivity index (χ3n) is 4.57. The molecule has 2 fully saturated rings. The topological polar surface area (TPSA) is 35.9 Å². The van der Waals surface area contributed by atoms with Crippen LogP contribution in [-0.4, -0.2) is 71.8 Å². The predicted molar refractivity (Wildman–Crippen MR) is 96.2 cm³/mol. The SMILES string of the molecule is O[C@H](COc1ccccc1CN1CCCC1)CN1CCSCC1. The van der Waals surface area contributed by atoms with E-state index in [0.29, 0.717) is 6.61 Å². The summed E-state index contributed by atoms with van der Waals surface area (Å²) >= 11 is 1.99. The molecule has 128 valence electrons. The molecule has 5 heteroatoms. The van der Waals surface area contributed by atoms with Crippen LogP contribution in [0.3, 0.4) is 0 Å². The van der Waals surface area contributed by atoms with E-state index in [1.807, 2.05) is 23.9 Å². The number of ether oxygens (including phenoxy) is 1. The van der Waals surface area contributed by atoms with Crippen molar-refractivity contribution in [1.29, 1.82) is 0 Å². The molecule has 4 nitrogen and oxygen atoms in total. The van der Waals surface area contributed by atoms with Crippen LogP contribution in [0, 0.1) is 0 Å². The second-order valence-corrected chi connectivity index (χ2v) is 7.69. The Bertz CT molecular complexity index is 474. The Morgan fingerprint density at radius 2 is 1.78 bits per heavy atom. The first-order valence-corrected chi connectivity index (χ1v) is 9.88. The first-order valence-electron chi connectivity index (χ1n) is 8.72. The van der Waals surface area contributed by atoms with E-state index in [2.05, 4.69) is 21.9 Å². The highest BCUT2D eigenvalue weighted by atomic mass is 32.2. The van der Waals surface area contributed by atoms with E-state index in [1.54, 1.807) is 0 Å². The monoisotopic (exact) mass is 336 g/mol. The zero-order valence-electron chi connectivity index (χ0n) is 13.8. The maximum absolute atomic E-state index is 10.3. The fraction of sp³-hybridized carbons (Fsp3) is 0.667. The van der Waals surface area contributed by atoms with Crippen molar-refractivity contribution in [3.63, 3.8) is 0 Å². The second-order valence-electron chi connectivity index (χ2n) is 6.47. The summed E-state index contributed by atoms with van der Waals surface area (Å²) in [6, 6.07) is 8.24. The Labute approximate surface area is 143 Å². The van der Waals surface area contributed by atoms with Gasteiger partial charge < -0.3 is 9.84 Å². The normalized spacial score (nSPS) is 21.4. The molecule has 0 aromatic heterocycles. The van der Waals surface area contributed by atoms with Crippen LogP contribution in [-0.2, 0) is 6.54 Å². The number of likely N-dealkylation sites (tertiary alicyclic amines) is 1. The van der Waals surface area contributed by atoms with Crippen LogP contribution in [0.1, 0.15) is 18.4 Å². The average molecular weight is 337 g/mol. The molecule has 1 N–H and O–H groups in total. The van der Waals surface area contributed by atoms with Crippen molar-refractivity contribution < 1.29 is 9.84 Å². The molecule has 0 bridgehead atoms. The summed E-state index contributed by atoms with van der Waals surface area (Å²) in [5.41, 5.74) is 1.23. The van der Waals surface area contributed by atoms with Crippen molar-refractivity contribution in [3.05, 3.63) is 29.8 Å². The molecule has 0 aliphatic carbocycles. The molecule has 0 amide bonds. The molecular formula is C18H28N2O2S. The zero-order valence-corrected chi connectivity index (χ0v) is 14.6. The lowest BCUT2D eigenvalue weighted by molar-refractivity contribution is 0.0709. The number of β-amino-alcohol motifs (C(OH)–C–C–N with tert-alkyl or cyclic N) is 1. The van der Waals surface area contributed by atoms with Gasteiger partial charge in [0.15, 0.2) is 0 Å². The van der Waals surface area contributed by atoms with Gasteiger partial charge in [0.2, 0.25) is 0 Å². The second kappa shape index (κ2) is 8.92. The van der Waals surface area contributed by atoms with Gasteiger partial charge in [-0.05, 0) is 32.0 Å². The fourth-order valence-corrected chi connectivity index (χ4v) is 4.26. The third-order valence-corrected chi connectivity index (χ3v) is 5.51. The van der Waals surface area contributed by atoms with E-state index >= 15 is 0 Å². The predicted octanol–water partition coefficient (Wildman–Crippen LogP) is 2.07. The fourth-order valence-electron chi connectivity index (χ4n) is 3.28. The van der Waals surface area contributed by atoms with Crippen LogP contribution >= 0.6 is 11.8 Å². The first kappa shape index (κ1) is 17.1. The molecule has 2 saturated heterocycles. The molecule has 0 unspecified atom stereocenters. The maximum atomic E-state index is 10.3. The molecule has 2 heterocycles. The Morgan fingerprint density at radius 3 is 2.57 bits per heavy atom. The minimum atomic E-state index is -0.419. The minimum absolute atomic E-state index is 0.376.